The van der Waals surface area contributed by atoms with Crippen LogP contribution in [0.1, 0.15) is 114 Å². The highest BCUT2D eigenvalue weighted by Crippen LogP contribution is 2.61. The predicted octanol–water partition coefficient (Wildman–Crippen LogP) is 7.15. The van der Waals surface area contributed by atoms with E-state index < -0.39 is 34.2 Å². The molecule has 1 rings (SSSR count). The maximum absolute atomic E-state index is 11.6. The molecule has 0 amide bonds. The van der Waals surface area contributed by atoms with Gasteiger partial charge in [-0.15, -0.1) is 0 Å². The SMILES string of the molecule is CCCC[P+](CCCC)(CCCC)CCCC.CCOC(=O)c1cc(C(=O)OCC)cc(S(=O)(=O)[O-])c1. The molecular weight excluding hydrogens is 511 g/mol. The molecule has 0 N–H and O–H groups in total. The quantitative estimate of drug-likeness (QED) is 0.113. The Morgan fingerprint density at radius 1 is 0.676 bits per heavy atom. The minimum atomic E-state index is -4.81. The number of ether oxygens (including phenoxy) is 2. The zero-order chi connectivity index (χ0) is 28.3. The Bertz CT molecular complexity index is 826. The van der Waals surface area contributed by atoms with Gasteiger partial charge in [-0.2, -0.15) is 0 Å². The van der Waals surface area contributed by atoms with Crippen LogP contribution in [0.3, 0.4) is 0 Å². The Labute approximate surface area is 226 Å². The van der Waals surface area contributed by atoms with Gasteiger partial charge in [0.05, 0.1) is 53.9 Å². The van der Waals surface area contributed by atoms with Gasteiger partial charge >= 0.3 is 11.9 Å². The van der Waals surface area contributed by atoms with Crippen molar-refractivity contribution in [2.24, 2.45) is 0 Å². The minimum absolute atomic E-state index is 0.0714. The van der Waals surface area contributed by atoms with Gasteiger partial charge in [0, 0.05) is 7.26 Å². The smallest absolute Gasteiger partial charge is 0.338 e. The molecule has 0 aliphatic carbocycles. The largest absolute Gasteiger partial charge is 0.744 e. The number of esters is 2. The van der Waals surface area contributed by atoms with Crippen LogP contribution in [0.2, 0.25) is 0 Å². The van der Waals surface area contributed by atoms with Crippen molar-refractivity contribution in [3.05, 3.63) is 29.3 Å². The first kappa shape index (κ1) is 35.5. The molecule has 9 heteroatoms. The van der Waals surface area contributed by atoms with Crippen LogP contribution in [0.15, 0.2) is 23.1 Å². The normalized spacial score (nSPS) is 11.4. The van der Waals surface area contributed by atoms with Crippen LogP contribution in [0.25, 0.3) is 0 Å². The third kappa shape index (κ3) is 14.3. The summed E-state index contributed by atoms with van der Waals surface area (Å²) in [6.45, 7) is 12.7. The second-order valence-electron chi connectivity index (χ2n) is 9.29. The lowest BCUT2D eigenvalue weighted by molar-refractivity contribution is 0.0524. The van der Waals surface area contributed by atoms with Crippen molar-refractivity contribution >= 4 is 29.3 Å². The summed E-state index contributed by atoms with van der Waals surface area (Å²) >= 11 is 0. The molecule has 0 heterocycles. The topological polar surface area (TPSA) is 110 Å². The average molecular weight is 561 g/mol. The van der Waals surface area contributed by atoms with Crippen molar-refractivity contribution < 1.29 is 32.0 Å². The van der Waals surface area contributed by atoms with E-state index in [1.165, 1.54) is 51.4 Å². The molecule has 0 aliphatic rings. The third-order valence-electron chi connectivity index (χ3n) is 6.16. The van der Waals surface area contributed by atoms with Crippen LogP contribution in [0, 0.1) is 0 Å². The van der Waals surface area contributed by atoms with E-state index in [-0.39, 0.29) is 24.3 Å². The summed E-state index contributed by atoms with van der Waals surface area (Å²) in [7, 11) is -5.37. The van der Waals surface area contributed by atoms with E-state index in [0.29, 0.717) is 0 Å². The van der Waals surface area contributed by atoms with Gasteiger partial charge in [0.25, 0.3) is 0 Å². The number of carbonyl (C=O) groups excluding carboxylic acids is 2. The van der Waals surface area contributed by atoms with E-state index in [4.69, 9.17) is 9.47 Å². The molecule has 0 fully saturated rings. The summed E-state index contributed by atoms with van der Waals surface area (Å²) in [4.78, 5) is 22.5. The predicted molar refractivity (Wildman–Crippen MR) is 152 cm³/mol. The Morgan fingerprint density at radius 2 is 1.00 bits per heavy atom. The highest BCUT2D eigenvalue weighted by atomic mass is 32.2. The average Bonchev–Trinajstić information content (AvgIpc) is 2.87. The molecular formula is C28H49O7PS. The molecule has 0 radical (unpaired) electrons. The standard InChI is InChI=1S/C16H36P.C12H14O7S/c1-5-9-13-17(14-10-6-2,15-11-7-3)16-12-8-4;1-3-18-11(13)8-5-9(12(14)19-4-2)7-10(6-8)20(15,16)17/h5-16H2,1-4H3;5-7H,3-4H2,1-2H3,(H,15,16,17)/q+1;/p-1. The maximum atomic E-state index is 11.6. The highest BCUT2D eigenvalue weighted by Gasteiger charge is 2.34. The third-order valence-corrected chi connectivity index (χ3v) is 12.0. The van der Waals surface area contributed by atoms with E-state index in [9.17, 15) is 22.6 Å². The van der Waals surface area contributed by atoms with Crippen molar-refractivity contribution in [2.75, 3.05) is 37.9 Å². The zero-order valence-corrected chi connectivity index (χ0v) is 25.6. The molecule has 0 aliphatic heterocycles. The van der Waals surface area contributed by atoms with E-state index >= 15 is 0 Å². The van der Waals surface area contributed by atoms with E-state index in [1.54, 1.807) is 38.5 Å². The van der Waals surface area contributed by atoms with Crippen LogP contribution in [-0.4, -0.2) is 62.8 Å². The fraction of sp³-hybridized carbons (Fsp3) is 0.714. The monoisotopic (exact) mass is 560 g/mol. The van der Waals surface area contributed by atoms with Crippen LogP contribution < -0.4 is 0 Å². The number of hydrogen-bond acceptors (Lipinski definition) is 7. The van der Waals surface area contributed by atoms with Gasteiger partial charge in [-0.05, 0) is 57.7 Å². The number of carbonyl (C=O) groups is 2. The Hall–Kier alpha value is -1.50. The molecule has 0 unspecified atom stereocenters. The van der Waals surface area contributed by atoms with Crippen LogP contribution in [0.4, 0.5) is 0 Å². The molecule has 214 valence electrons. The van der Waals surface area contributed by atoms with Crippen molar-refractivity contribution in [2.45, 2.75) is 97.8 Å². The number of unbranched alkanes of at least 4 members (excludes halogenated alkanes) is 4. The van der Waals surface area contributed by atoms with Gasteiger partial charge in [0.1, 0.15) is 10.1 Å². The van der Waals surface area contributed by atoms with Crippen molar-refractivity contribution in [1.29, 1.82) is 0 Å². The molecule has 0 aromatic heterocycles. The molecule has 1 aromatic rings. The lowest BCUT2D eigenvalue weighted by Gasteiger charge is -2.28. The van der Waals surface area contributed by atoms with Gasteiger partial charge in [-0.1, -0.05) is 53.4 Å². The van der Waals surface area contributed by atoms with Crippen molar-refractivity contribution in [3.63, 3.8) is 0 Å². The highest BCUT2D eigenvalue weighted by molar-refractivity contribution is 7.85. The van der Waals surface area contributed by atoms with E-state index in [2.05, 4.69) is 27.7 Å². The van der Waals surface area contributed by atoms with E-state index in [0.717, 1.165) is 18.2 Å². The van der Waals surface area contributed by atoms with Gasteiger partial charge in [-0.3, -0.25) is 0 Å². The summed E-state index contributed by atoms with van der Waals surface area (Å²) in [5.41, 5.74) is -0.404. The number of hydrogen-bond donors (Lipinski definition) is 0. The minimum Gasteiger partial charge on any atom is -0.744 e. The van der Waals surface area contributed by atoms with Gasteiger partial charge in [0.2, 0.25) is 0 Å². The summed E-state index contributed by atoms with van der Waals surface area (Å²) < 4.78 is 42.5. The van der Waals surface area contributed by atoms with Gasteiger partial charge in [0.15, 0.2) is 0 Å². The second kappa shape index (κ2) is 19.6. The molecule has 0 atom stereocenters. The molecule has 0 saturated heterocycles. The number of benzene rings is 1. The fourth-order valence-corrected chi connectivity index (χ4v) is 9.89. The number of rotatable bonds is 17. The zero-order valence-electron chi connectivity index (χ0n) is 23.8. The Morgan fingerprint density at radius 3 is 1.24 bits per heavy atom. The Balaban J connectivity index is 0.000000712. The molecule has 1 aromatic carbocycles. The van der Waals surface area contributed by atoms with E-state index in [1.807, 2.05) is 0 Å². The summed E-state index contributed by atoms with van der Waals surface area (Å²) in [6.07, 6.45) is 17.9. The van der Waals surface area contributed by atoms with Gasteiger partial charge in [-0.25, -0.2) is 18.0 Å². The summed E-state index contributed by atoms with van der Waals surface area (Å²) in [5, 5.41) is 0. The lowest BCUT2D eigenvalue weighted by atomic mass is 10.1. The second-order valence-corrected chi connectivity index (χ2v) is 15.1. The molecule has 0 saturated carbocycles. The van der Waals surface area contributed by atoms with Crippen LogP contribution >= 0.6 is 7.26 Å². The first-order valence-electron chi connectivity index (χ1n) is 13.8. The maximum Gasteiger partial charge on any atom is 0.338 e. The first-order chi connectivity index (χ1) is 17.5. The van der Waals surface area contributed by atoms with Crippen LogP contribution in [0.5, 0.6) is 0 Å². The Kier molecular flexibility index (Phi) is 18.8. The fourth-order valence-electron chi connectivity index (χ4n) is 4.05. The van der Waals surface area contributed by atoms with Crippen molar-refractivity contribution in [1.82, 2.24) is 0 Å². The summed E-state index contributed by atoms with van der Waals surface area (Å²) in [5.74, 6) is -1.66. The first-order valence-corrected chi connectivity index (χ1v) is 17.8. The molecule has 37 heavy (non-hydrogen) atoms. The van der Waals surface area contributed by atoms with Crippen LogP contribution in [-0.2, 0) is 19.6 Å². The van der Waals surface area contributed by atoms with Gasteiger partial charge < -0.3 is 14.0 Å². The summed E-state index contributed by atoms with van der Waals surface area (Å²) in [6, 6.07) is 2.84. The molecule has 0 bridgehead atoms. The molecule has 0 spiro atoms. The molecule has 7 nitrogen and oxygen atoms in total. The van der Waals surface area contributed by atoms with Crippen molar-refractivity contribution in [3.8, 4) is 0 Å². The lowest BCUT2D eigenvalue weighted by Crippen LogP contribution is -2.12.